The minimum absolute atomic E-state index is 0.0265. The maximum Gasteiger partial charge on any atom is 0.288 e. The number of aromatic nitrogens is 2. The van der Waals surface area contributed by atoms with Gasteiger partial charge in [-0.1, -0.05) is 48.0 Å². The quantitative estimate of drug-likeness (QED) is 0.398. The molecule has 0 fully saturated rings. The summed E-state index contributed by atoms with van der Waals surface area (Å²) in [6, 6.07) is 18.9. The summed E-state index contributed by atoms with van der Waals surface area (Å²) in [4.78, 5) is 27.9. The van der Waals surface area contributed by atoms with Crippen molar-refractivity contribution in [1.82, 2.24) is 9.38 Å². The van der Waals surface area contributed by atoms with E-state index in [2.05, 4.69) is 10.3 Å². The lowest BCUT2D eigenvalue weighted by Crippen LogP contribution is -2.14. The van der Waals surface area contributed by atoms with E-state index in [0.29, 0.717) is 17.2 Å². The number of hydrogen-bond acceptors (Lipinski definition) is 4. The average molecular weight is 393 g/mol. The number of halogens is 1. The number of amides is 1. The van der Waals surface area contributed by atoms with Crippen LogP contribution in [0.1, 0.15) is 10.4 Å². The van der Waals surface area contributed by atoms with Gasteiger partial charge < -0.3 is 5.32 Å². The van der Waals surface area contributed by atoms with Crippen molar-refractivity contribution in [3.63, 3.8) is 0 Å². The lowest BCUT2D eigenvalue weighted by molar-refractivity contribution is -0.384. The topological polar surface area (TPSA) is 89.5 Å². The van der Waals surface area contributed by atoms with E-state index in [1.165, 1.54) is 12.1 Å². The van der Waals surface area contributed by atoms with Gasteiger partial charge in [0.15, 0.2) is 0 Å². The number of nitro benzene ring substituents is 1. The first-order valence-corrected chi connectivity index (χ1v) is 8.70. The first-order chi connectivity index (χ1) is 13.5. The summed E-state index contributed by atoms with van der Waals surface area (Å²) in [6.07, 6.45) is 1.79. The Morgan fingerprint density at radius 3 is 2.57 bits per heavy atom. The fourth-order valence-corrected chi connectivity index (χ4v) is 3.07. The fraction of sp³-hybridized carbons (Fsp3) is 0. The van der Waals surface area contributed by atoms with Crippen LogP contribution >= 0.6 is 11.6 Å². The van der Waals surface area contributed by atoms with Crippen LogP contribution in [0.15, 0.2) is 72.9 Å². The molecule has 0 saturated heterocycles. The average Bonchev–Trinajstić information content (AvgIpc) is 3.07. The van der Waals surface area contributed by atoms with Gasteiger partial charge in [-0.15, -0.1) is 0 Å². The van der Waals surface area contributed by atoms with Gasteiger partial charge in [-0.3, -0.25) is 19.3 Å². The van der Waals surface area contributed by atoms with Crippen LogP contribution in [-0.4, -0.2) is 20.2 Å². The zero-order valence-electron chi connectivity index (χ0n) is 14.4. The molecule has 0 aliphatic carbocycles. The van der Waals surface area contributed by atoms with Crippen LogP contribution in [-0.2, 0) is 0 Å². The molecule has 0 aliphatic heterocycles. The lowest BCUT2D eigenvalue weighted by Gasteiger charge is -2.08. The van der Waals surface area contributed by atoms with Gasteiger partial charge in [0.2, 0.25) is 0 Å². The van der Waals surface area contributed by atoms with E-state index in [1.807, 2.05) is 48.5 Å². The number of rotatable bonds is 4. The molecule has 0 spiro atoms. The first-order valence-electron chi connectivity index (χ1n) is 8.32. The number of nitro groups is 1. The van der Waals surface area contributed by atoms with Crippen molar-refractivity contribution in [1.29, 1.82) is 0 Å². The standard InChI is InChI=1S/C20H13ClN4O3/c21-15-10-9-14(12-16(15)25(27)28)20(26)23-19-18(13-6-2-1-3-7-13)22-17-8-4-5-11-24(17)19/h1-12H,(H,23,26). The highest BCUT2D eigenvalue weighted by molar-refractivity contribution is 6.32. The van der Waals surface area contributed by atoms with E-state index in [4.69, 9.17) is 11.6 Å². The van der Waals surface area contributed by atoms with Crippen molar-refractivity contribution < 1.29 is 9.72 Å². The summed E-state index contributed by atoms with van der Waals surface area (Å²) in [5, 5.41) is 13.9. The Bertz CT molecular complexity index is 1200. The smallest absolute Gasteiger partial charge is 0.288 e. The van der Waals surface area contributed by atoms with Crippen molar-refractivity contribution in [2.45, 2.75) is 0 Å². The molecule has 4 aromatic rings. The molecule has 8 heteroatoms. The number of imidazole rings is 1. The Morgan fingerprint density at radius 2 is 1.82 bits per heavy atom. The highest BCUT2D eigenvalue weighted by Gasteiger charge is 2.20. The Labute approximate surface area is 164 Å². The van der Waals surface area contributed by atoms with E-state index in [9.17, 15) is 14.9 Å². The van der Waals surface area contributed by atoms with Crippen molar-refractivity contribution in [3.05, 3.63) is 93.6 Å². The zero-order valence-corrected chi connectivity index (χ0v) is 15.1. The number of fused-ring (bicyclic) bond motifs is 1. The van der Waals surface area contributed by atoms with Gasteiger partial charge in [0, 0.05) is 23.4 Å². The fourth-order valence-electron chi connectivity index (χ4n) is 2.89. The third-order valence-electron chi connectivity index (χ3n) is 4.21. The second-order valence-corrected chi connectivity index (χ2v) is 6.39. The second kappa shape index (κ2) is 7.13. The maximum absolute atomic E-state index is 12.8. The maximum atomic E-state index is 12.8. The molecule has 0 unspecified atom stereocenters. The molecule has 0 atom stereocenters. The number of hydrogen-bond donors (Lipinski definition) is 1. The second-order valence-electron chi connectivity index (χ2n) is 5.98. The van der Waals surface area contributed by atoms with E-state index in [-0.39, 0.29) is 16.3 Å². The number of nitrogens with one attached hydrogen (secondary N) is 1. The van der Waals surface area contributed by atoms with Gasteiger partial charge in [-0.2, -0.15) is 0 Å². The molecular formula is C20H13ClN4O3. The van der Waals surface area contributed by atoms with Gasteiger partial charge in [-0.05, 0) is 24.3 Å². The molecule has 2 aromatic heterocycles. The largest absolute Gasteiger partial charge is 0.306 e. The van der Waals surface area contributed by atoms with E-state index in [1.54, 1.807) is 10.6 Å². The van der Waals surface area contributed by atoms with E-state index >= 15 is 0 Å². The molecule has 1 amide bonds. The number of benzene rings is 2. The van der Waals surface area contributed by atoms with Crippen molar-refractivity contribution in [3.8, 4) is 11.3 Å². The molecule has 0 radical (unpaired) electrons. The number of pyridine rings is 1. The molecule has 1 N–H and O–H groups in total. The molecule has 7 nitrogen and oxygen atoms in total. The van der Waals surface area contributed by atoms with Gasteiger partial charge in [-0.25, -0.2) is 4.98 Å². The van der Waals surface area contributed by atoms with Crippen molar-refractivity contribution in [2.75, 3.05) is 5.32 Å². The Morgan fingerprint density at radius 1 is 1.07 bits per heavy atom. The SMILES string of the molecule is O=C(Nc1c(-c2ccccc2)nc2ccccn12)c1ccc(Cl)c([N+](=O)[O-])c1. The zero-order chi connectivity index (χ0) is 19.7. The van der Waals surface area contributed by atoms with E-state index in [0.717, 1.165) is 11.6 Å². The molecule has 0 saturated carbocycles. The van der Waals surface area contributed by atoms with Crippen LogP contribution in [0.4, 0.5) is 11.5 Å². The van der Waals surface area contributed by atoms with Gasteiger partial charge >= 0.3 is 0 Å². The van der Waals surface area contributed by atoms with Crippen LogP contribution in [0.2, 0.25) is 5.02 Å². The predicted molar refractivity (Wildman–Crippen MR) is 107 cm³/mol. The van der Waals surface area contributed by atoms with Crippen LogP contribution in [0.3, 0.4) is 0 Å². The number of nitrogens with zero attached hydrogens (tertiary/aromatic N) is 3. The normalized spacial score (nSPS) is 10.8. The van der Waals surface area contributed by atoms with Crippen molar-refractivity contribution in [2.24, 2.45) is 0 Å². The lowest BCUT2D eigenvalue weighted by atomic mass is 10.1. The Kier molecular flexibility index (Phi) is 4.50. The third kappa shape index (κ3) is 3.19. The number of anilines is 1. The molecule has 0 bridgehead atoms. The summed E-state index contributed by atoms with van der Waals surface area (Å²) in [5.74, 6) is -0.0213. The summed E-state index contributed by atoms with van der Waals surface area (Å²) < 4.78 is 1.75. The first kappa shape index (κ1) is 17.7. The highest BCUT2D eigenvalue weighted by Crippen LogP contribution is 2.30. The number of carbonyl (C=O) groups excluding carboxylic acids is 1. The molecule has 2 heterocycles. The van der Waals surface area contributed by atoms with Gasteiger partial charge in [0.05, 0.1) is 4.92 Å². The molecule has 4 rings (SSSR count). The summed E-state index contributed by atoms with van der Waals surface area (Å²) in [5.41, 5.74) is 1.91. The summed E-state index contributed by atoms with van der Waals surface area (Å²) in [6.45, 7) is 0. The summed E-state index contributed by atoms with van der Waals surface area (Å²) >= 11 is 5.83. The molecular weight excluding hydrogens is 380 g/mol. The van der Waals surface area contributed by atoms with Crippen molar-refractivity contribution >= 4 is 34.7 Å². The molecule has 138 valence electrons. The molecule has 0 aliphatic rings. The Balaban J connectivity index is 1.79. The molecule has 28 heavy (non-hydrogen) atoms. The van der Waals surface area contributed by atoms with E-state index < -0.39 is 10.8 Å². The van der Waals surface area contributed by atoms with Crippen LogP contribution < -0.4 is 5.32 Å². The van der Waals surface area contributed by atoms with Crippen LogP contribution in [0.25, 0.3) is 16.9 Å². The minimum Gasteiger partial charge on any atom is -0.306 e. The minimum atomic E-state index is -0.622. The van der Waals surface area contributed by atoms with Crippen LogP contribution in [0.5, 0.6) is 0 Å². The van der Waals surface area contributed by atoms with Crippen LogP contribution in [0, 0.1) is 10.1 Å². The van der Waals surface area contributed by atoms with Gasteiger partial charge in [0.25, 0.3) is 11.6 Å². The Hall–Kier alpha value is -3.71. The third-order valence-corrected chi connectivity index (χ3v) is 4.53. The van der Waals surface area contributed by atoms with Gasteiger partial charge in [0.1, 0.15) is 22.2 Å². The summed E-state index contributed by atoms with van der Waals surface area (Å²) in [7, 11) is 0. The number of carbonyl (C=O) groups is 1. The highest BCUT2D eigenvalue weighted by atomic mass is 35.5. The monoisotopic (exact) mass is 392 g/mol. The predicted octanol–water partition coefficient (Wildman–Crippen LogP) is 4.82. The molecule has 2 aromatic carbocycles.